The van der Waals surface area contributed by atoms with Crippen molar-refractivity contribution in [3.8, 4) is 5.75 Å². The summed E-state index contributed by atoms with van der Waals surface area (Å²) >= 11 is 6.58. The lowest BCUT2D eigenvalue weighted by molar-refractivity contribution is 0.337. The van der Waals surface area contributed by atoms with Gasteiger partial charge in [-0.2, -0.15) is 0 Å². The van der Waals surface area contributed by atoms with Crippen molar-refractivity contribution in [2.24, 2.45) is 0 Å². The van der Waals surface area contributed by atoms with Gasteiger partial charge in [0.2, 0.25) is 9.05 Å². The van der Waals surface area contributed by atoms with Crippen LogP contribution in [0.25, 0.3) is 0 Å². The van der Waals surface area contributed by atoms with Gasteiger partial charge >= 0.3 is 0 Å². The fraction of sp³-hybridized carbons (Fsp3) is 0.250. The monoisotopic (exact) mass is 376 g/mol. The molecule has 0 atom stereocenters. The minimum absolute atomic E-state index is 0.0209. The molecule has 0 spiro atoms. The quantitative estimate of drug-likeness (QED) is 0.756. The van der Waals surface area contributed by atoms with Crippen molar-refractivity contribution < 1.29 is 13.2 Å². The zero-order valence-corrected chi connectivity index (χ0v) is 12.2. The zero-order chi connectivity index (χ0) is 11.5. The molecule has 0 heterocycles. The van der Waals surface area contributed by atoms with Crippen LogP contribution in [0.4, 0.5) is 0 Å². The molecular weight excluding hydrogens is 371 g/mol. The SMILES string of the molecule is O=S(=O)(Cl)CCOc1c(Br)cccc1Br. The molecule has 3 nitrogen and oxygen atoms in total. The third-order valence-corrected chi connectivity index (χ3v) is 3.86. The van der Waals surface area contributed by atoms with Crippen LogP contribution in [0, 0.1) is 0 Å². The molecule has 1 rings (SSSR count). The Bertz CT molecular complexity index is 427. The average molecular weight is 378 g/mol. The number of hydrogen-bond donors (Lipinski definition) is 0. The Balaban J connectivity index is 2.66. The summed E-state index contributed by atoms with van der Waals surface area (Å²) in [6, 6.07) is 5.43. The fourth-order valence-electron chi connectivity index (χ4n) is 0.864. The number of hydrogen-bond acceptors (Lipinski definition) is 3. The van der Waals surface area contributed by atoms with E-state index in [-0.39, 0.29) is 12.4 Å². The molecule has 15 heavy (non-hydrogen) atoms. The standard InChI is InChI=1S/C8H7Br2ClO3S/c9-6-2-1-3-7(10)8(6)14-4-5-15(11,12)13/h1-3H,4-5H2. The van der Waals surface area contributed by atoms with E-state index >= 15 is 0 Å². The van der Waals surface area contributed by atoms with Gasteiger partial charge < -0.3 is 4.74 Å². The minimum atomic E-state index is -3.50. The topological polar surface area (TPSA) is 43.4 Å². The normalized spacial score (nSPS) is 11.4. The van der Waals surface area contributed by atoms with Crippen LogP contribution in [0.1, 0.15) is 0 Å². The van der Waals surface area contributed by atoms with Crippen LogP contribution in [0.5, 0.6) is 5.75 Å². The molecule has 0 unspecified atom stereocenters. The fourth-order valence-corrected chi connectivity index (χ4v) is 2.56. The van der Waals surface area contributed by atoms with Gasteiger partial charge in [-0.15, -0.1) is 0 Å². The van der Waals surface area contributed by atoms with Crippen LogP contribution in [0.3, 0.4) is 0 Å². The summed E-state index contributed by atoms with van der Waals surface area (Å²) < 4.78 is 28.1. The van der Waals surface area contributed by atoms with Crippen molar-refractivity contribution in [3.05, 3.63) is 27.1 Å². The maximum Gasteiger partial charge on any atom is 0.235 e. The lowest BCUT2D eigenvalue weighted by atomic mass is 10.3. The lowest BCUT2D eigenvalue weighted by Gasteiger charge is -2.08. The lowest BCUT2D eigenvalue weighted by Crippen LogP contribution is -2.09. The van der Waals surface area contributed by atoms with Gasteiger partial charge in [0.25, 0.3) is 0 Å². The molecule has 84 valence electrons. The van der Waals surface area contributed by atoms with Crippen LogP contribution in [-0.4, -0.2) is 20.8 Å². The third-order valence-electron chi connectivity index (χ3n) is 1.49. The maximum absolute atomic E-state index is 10.7. The second-order valence-electron chi connectivity index (χ2n) is 2.64. The Hall–Kier alpha value is 0.220. The van der Waals surface area contributed by atoms with E-state index in [4.69, 9.17) is 15.4 Å². The summed E-state index contributed by atoms with van der Waals surface area (Å²) in [6.45, 7) is 0.0209. The van der Waals surface area contributed by atoms with Crippen LogP contribution >= 0.6 is 42.5 Å². The highest BCUT2D eigenvalue weighted by Crippen LogP contribution is 2.32. The molecule has 0 aliphatic carbocycles. The Labute approximate surface area is 109 Å². The van der Waals surface area contributed by atoms with Gasteiger partial charge in [0.15, 0.2) is 0 Å². The molecule has 0 amide bonds. The molecule has 0 saturated carbocycles. The number of ether oxygens (including phenoxy) is 1. The Morgan fingerprint density at radius 3 is 2.27 bits per heavy atom. The van der Waals surface area contributed by atoms with Crippen molar-refractivity contribution in [1.29, 1.82) is 0 Å². The predicted molar refractivity (Wildman–Crippen MR) is 67.0 cm³/mol. The highest BCUT2D eigenvalue weighted by atomic mass is 79.9. The highest BCUT2D eigenvalue weighted by Gasteiger charge is 2.09. The van der Waals surface area contributed by atoms with Gasteiger partial charge in [-0.3, -0.25) is 0 Å². The third kappa shape index (κ3) is 4.72. The molecule has 0 aliphatic rings. The number of para-hydroxylation sites is 1. The number of rotatable bonds is 4. The summed E-state index contributed by atoms with van der Waals surface area (Å²) in [6.07, 6.45) is 0. The number of halogens is 3. The van der Waals surface area contributed by atoms with Crippen molar-refractivity contribution in [2.45, 2.75) is 0 Å². The zero-order valence-electron chi connectivity index (χ0n) is 7.41. The van der Waals surface area contributed by atoms with E-state index in [1.807, 2.05) is 6.07 Å². The first kappa shape index (κ1) is 13.3. The molecule has 1 aromatic carbocycles. The second-order valence-corrected chi connectivity index (χ2v) is 7.25. The van der Waals surface area contributed by atoms with E-state index < -0.39 is 9.05 Å². The van der Waals surface area contributed by atoms with E-state index in [1.54, 1.807) is 12.1 Å². The number of benzene rings is 1. The Kier molecular flexibility index (Phi) is 4.89. The van der Waals surface area contributed by atoms with E-state index in [0.29, 0.717) is 5.75 Å². The molecule has 0 N–H and O–H groups in total. The first-order valence-electron chi connectivity index (χ1n) is 3.89. The summed E-state index contributed by atoms with van der Waals surface area (Å²) in [5.74, 6) is 0.348. The van der Waals surface area contributed by atoms with Gasteiger partial charge in [0.1, 0.15) is 12.4 Å². The summed E-state index contributed by atoms with van der Waals surface area (Å²) in [5, 5.41) is 0. The molecule has 0 saturated heterocycles. The highest BCUT2D eigenvalue weighted by molar-refractivity contribution is 9.11. The molecule has 0 fully saturated rings. The van der Waals surface area contributed by atoms with Crippen molar-refractivity contribution in [2.75, 3.05) is 12.4 Å². The maximum atomic E-state index is 10.7. The largest absolute Gasteiger partial charge is 0.490 e. The van der Waals surface area contributed by atoms with Gasteiger partial charge in [-0.05, 0) is 44.0 Å². The molecule has 7 heteroatoms. The van der Waals surface area contributed by atoms with Crippen molar-refractivity contribution in [1.82, 2.24) is 0 Å². The van der Waals surface area contributed by atoms with Gasteiger partial charge in [0, 0.05) is 10.7 Å². The molecule has 0 aromatic heterocycles. The average Bonchev–Trinajstić information content (AvgIpc) is 2.08. The first-order valence-corrected chi connectivity index (χ1v) is 7.96. The predicted octanol–water partition coefficient (Wildman–Crippen LogP) is 3.16. The molecule has 0 radical (unpaired) electrons. The van der Waals surface area contributed by atoms with Gasteiger partial charge in [-0.25, -0.2) is 8.42 Å². The molecular formula is C8H7Br2ClO3S. The van der Waals surface area contributed by atoms with Crippen LogP contribution in [0.15, 0.2) is 27.1 Å². The molecule has 0 bridgehead atoms. The van der Waals surface area contributed by atoms with Gasteiger partial charge in [0.05, 0.1) is 14.7 Å². The second kappa shape index (κ2) is 5.52. The molecule has 1 aromatic rings. The van der Waals surface area contributed by atoms with Crippen molar-refractivity contribution in [3.63, 3.8) is 0 Å². The Morgan fingerprint density at radius 1 is 1.27 bits per heavy atom. The van der Waals surface area contributed by atoms with Crippen molar-refractivity contribution >= 4 is 51.6 Å². The summed E-state index contributed by atoms with van der Waals surface area (Å²) in [7, 11) is 1.54. The van der Waals surface area contributed by atoms with E-state index in [1.165, 1.54) is 0 Å². The van der Waals surface area contributed by atoms with E-state index in [0.717, 1.165) is 8.95 Å². The first-order chi connectivity index (χ1) is 6.90. The summed E-state index contributed by atoms with van der Waals surface area (Å²) in [4.78, 5) is 0. The summed E-state index contributed by atoms with van der Waals surface area (Å²) in [5.41, 5.74) is 0. The van der Waals surface area contributed by atoms with Crippen LogP contribution in [-0.2, 0) is 9.05 Å². The van der Waals surface area contributed by atoms with E-state index in [9.17, 15) is 8.42 Å². The van der Waals surface area contributed by atoms with Crippen LogP contribution in [0.2, 0.25) is 0 Å². The van der Waals surface area contributed by atoms with Gasteiger partial charge in [-0.1, -0.05) is 6.07 Å². The van der Waals surface area contributed by atoms with E-state index in [2.05, 4.69) is 31.9 Å². The van der Waals surface area contributed by atoms with Crippen LogP contribution < -0.4 is 4.74 Å². The smallest absolute Gasteiger partial charge is 0.235 e. The minimum Gasteiger partial charge on any atom is -0.490 e. The Morgan fingerprint density at radius 2 is 1.80 bits per heavy atom. The molecule has 0 aliphatic heterocycles.